The zero-order valence-corrected chi connectivity index (χ0v) is 14.4. The third-order valence-electron chi connectivity index (χ3n) is 3.74. The van der Waals surface area contributed by atoms with Crippen LogP contribution in [0.3, 0.4) is 0 Å². The number of terminal acetylenes is 1. The normalized spacial score (nSPS) is 15.5. The van der Waals surface area contributed by atoms with Crippen LogP contribution in [0, 0.1) is 12.3 Å². The second-order valence-corrected chi connectivity index (χ2v) is 11.5. The maximum atomic E-state index is 11.0. The summed E-state index contributed by atoms with van der Waals surface area (Å²) in [6.45, 7) is 14.9. The van der Waals surface area contributed by atoms with Crippen molar-refractivity contribution >= 4 is 14.3 Å². The van der Waals surface area contributed by atoms with Crippen LogP contribution in [0.1, 0.15) is 47.5 Å². The molecule has 0 amide bonds. The number of hydrogen-bond donors (Lipinski definition) is 0. The molecule has 0 aliphatic heterocycles. The fourth-order valence-electron chi connectivity index (χ4n) is 1.42. The van der Waals surface area contributed by atoms with E-state index in [4.69, 9.17) is 15.6 Å². The Morgan fingerprint density at radius 1 is 1.26 bits per heavy atom. The number of carbonyl (C=O) groups excluding carboxylic acids is 1. The minimum atomic E-state index is -1.70. The number of ether oxygens (including phenoxy) is 1. The summed E-state index contributed by atoms with van der Waals surface area (Å²) >= 11 is 0. The van der Waals surface area contributed by atoms with E-state index in [1.165, 1.54) is 6.92 Å². The second-order valence-electron chi connectivity index (χ2n) is 6.68. The number of esters is 1. The van der Waals surface area contributed by atoms with Crippen LogP contribution in [0.15, 0.2) is 0 Å². The molecular formula is C15H28O3Si. The summed E-state index contributed by atoms with van der Waals surface area (Å²) in [5.74, 6) is 2.21. The standard InChI is InChI=1S/C15H28O3Si/c1-9-15(6,18-13(2)16)11-10-12-17-19(7,8)14(3,4)5/h1H,10-12H2,2-8H3. The number of rotatable bonds is 6. The predicted molar refractivity (Wildman–Crippen MR) is 81.4 cm³/mol. The molecule has 0 N–H and O–H groups in total. The maximum Gasteiger partial charge on any atom is 0.304 e. The molecule has 0 saturated carbocycles. The van der Waals surface area contributed by atoms with Gasteiger partial charge >= 0.3 is 5.97 Å². The first-order chi connectivity index (χ1) is 8.43. The molecule has 4 heteroatoms. The smallest absolute Gasteiger partial charge is 0.304 e. The van der Waals surface area contributed by atoms with Crippen molar-refractivity contribution in [3.8, 4) is 12.3 Å². The van der Waals surface area contributed by atoms with E-state index in [0.717, 1.165) is 6.42 Å². The Morgan fingerprint density at radius 2 is 1.79 bits per heavy atom. The maximum absolute atomic E-state index is 11.0. The van der Waals surface area contributed by atoms with Crippen molar-refractivity contribution in [3.63, 3.8) is 0 Å². The first-order valence-corrected chi connectivity index (χ1v) is 9.66. The molecule has 3 nitrogen and oxygen atoms in total. The SMILES string of the molecule is C#CC(C)(CCCO[Si](C)(C)C(C)(C)C)OC(C)=O. The molecule has 1 atom stereocenters. The summed E-state index contributed by atoms with van der Waals surface area (Å²) < 4.78 is 11.2. The Balaban J connectivity index is 4.24. The van der Waals surface area contributed by atoms with Gasteiger partial charge in [-0.25, -0.2) is 0 Å². The van der Waals surface area contributed by atoms with Crippen molar-refractivity contribution in [3.05, 3.63) is 0 Å². The Morgan fingerprint density at radius 3 is 2.16 bits per heavy atom. The fraction of sp³-hybridized carbons (Fsp3) is 0.800. The second kappa shape index (κ2) is 6.58. The van der Waals surface area contributed by atoms with E-state index < -0.39 is 13.9 Å². The predicted octanol–water partition coefficient (Wildman–Crippen LogP) is 3.74. The van der Waals surface area contributed by atoms with E-state index in [2.05, 4.69) is 39.8 Å². The summed E-state index contributed by atoms with van der Waals surface area (Å²) in [6.07, 6.45) is 6.85. The van der Waals surface area contributed by atoms with Gasteiger partial charge in [0.1, 0.15) is 0 Å². The lowest BCUT2D eigenvalue weighted by molar-refractivity contribution is -0.150. The molecule has 0 aromatic carbocycles. The highest BCUT2D eigenvalue weighted by molar-refractivity contribution is 6.74. The molecule has 0 aromatic rings. The summed E-state index contributed by atoms with van der Waals surface area (Å²) in [4.78, 5) is 11.0. The molecule has 0 saturated heterocycles. The third-order valence-corrected chi connectivity index (χ3v) is 8.28. The van der Waals surface area contributed by atoms with Gasteiger partial charge < -0.3 is 9.16 Å². The molecular weight excluding hydrogens is 256 g/mol. The van der Waals surface area contributed by atoms with Gasteiger partial charge in [-0.1, -0.05) is 26.7 Å². The van der Waals surface area contributed by atoms with Crippen LogP contribution >= 0.6 is 0 Å². The molecule has 1 unspecified atom stereocenters. The topological polar surface area (TPSA) is 35.5 Å². The van der Waals surface area contributed by atoms with Crippen LogP contribution in [0.25, 0.3) is 0 Å². The summed E-state index contributed by atoms with van der Waals surface area (Å²) in [6, 6.07) is 0. The highest BCUT2D eigenvalue weighted by Gasteiger charge is 2.37. The van der Waals surface area contributed by atoms with Crippen molar-refractivity contribution in [2.45, 2.75) is 71.2 Å². The molecule has 0 fully saturated rings. The molecule has 0 aliphatic carbocycles. The van der Waals surface area contributed by atoms with Gasteiger partial charge in [0.25, 0.3) is 0 Å². The van der Waals surface area contributed by atoms with E-state index in [-0.39, 0.29) is 11.0 Å². The van der Waals surface area contributed by atoms with Crippen molar-refractivity contribution in [1.82, 2.24) is 0 Å². The van der Waals surface area contributed by atoms with Crippen LogP contribution in [0.5, 0.6) is 0 Å². The molecule has 0 radical (unpaired) electrons. The van der Waals surface area contributed by atoms with Crippen molar-refractivity contribution in [2.75, 3.05) is 6.61 Å². The van der Waals surface area contributed by atoms with E-state index in [9.17, 15) is 4.79 Å². The highest BCUT2D eigenvalue weighted by atomic mass is 28.4. The monoisotopic (exact) mass is 284 g/mol. The molecule has 0 heterocycles. The molecule has 19 heavy (non-hydrogen) atoms. The van der Waals surface area contributed by atoms with Crippen LogP contribution in [-0.4, -0.2) is 26.5 Å². The Kier molecular flexibility index (Phi) is 6.31. The minimum Gasteiger partial charge on any atom is -0.446 e. The lowest BCUT2D eigenvalue weighted by Crippen LogP contribution is -2.41. The van der Waals surface area contributed by atoms with Gasteiger partial charge in [-0.15, -0.1) is 6.42 Å². The molecule has 0 spiro atoms. The summed E-state index contributed by atoms with van der Waals surface area (Å²) in [7, 11) is -1.70. The third kappa shape index (κ3) is 6.26. The van der Waals surface area contributed by atoms with Gasteiger partial charge in [0, 0.05) is 20.0 Å². The molecule has 110 valence electrons. The van der Waals surface area contributed by atoms with Crippen molar-refractivity contribution < 1.29 is 14.0 Å². The Hall–Kier alpha value is -0.793. The Bertz CT molecular complexity index is 349. The highest BCUT2D eigenvalue weighted by Crippen LogP contribution is 2.36. The summed E-state index contributed by atoms with van der Waals surface area (Å²) in [5, 5.41) is 0.207. The first kappa shape index (κ1) is 18.2. The fourth-order valence-corrected chi connectivity index (χ4v) is 2.51. The van der Waals surface area contributed by atoms with Gasteiger partial charge in [-0.05, 0) is 31.5 Å². The largest absolute Gasteiger partial charge is 0.446 e. The van der Waals surface area contributed by atoms with E-state index in [0.29, 0.717) is 13.0 Å². The quantitative estimate of drug-likeness (QED) is 0.322. The van der Waals surface area contributed by atoms with Gasteiger partial charge in [0.2, 0.25) is 0 Å². The molecule has 0 aromatic heterocycles. The van der Waals surface area contributed by atoms with Gasteiger partial charge in [0.15, 0.2) is 13.9 Å². The lowest BCUT2D eigenvalue weighted by Gasteiger charge is -2.36. The number of carbonyl (C=O) groups is 1. The van der Waals surface area contributed by atoms with E-state index >= 15 is 0 Å². The average molecular weight is 284 g/mol. The van der Waals surface area contributed by atoms with Gasteiger partial charge in [-0.2, -0.15) is 0 Å². The lowest BCUT2D eigenvalue weighted by atomic mass is 10.0. The van der Waals surface area contributed by atoms with Crippen LogP contribution < -0.4 is 0 Å². The minimum absolute atomic E-state index is 0.207. The number of hydrogen-bond acceptors (Lipinski definition) is 3. The van der Waals surface area contributed by atoms with E-state index in [1.54, 1.807) is 6.92 Å². The zero-order chi connectivity index (χ0) is 15.3. The van der Waals surface area contributed by atoms with Crippen molar-refractivity contribution in [1.29, 1.82) is 0 Å². The molecule has 0 aliphatic rings. The Labute approximate surface area is 119 Å². The van der Waals surface area contributed by atoms with Crippen LogP contribution in [-0.2, 0) is 14.0 Å². The van der Waals surface area contributed by atoms with E-state index in [1.807, 2.05) is 0 Å². The van der Waals surface area contributed by atoms with Crippen LogP contribution in [0.4, 0.5) is 0 Å². The van der Waals surface area contributed by atoms with Gasteiger partial charge in [-0.3, -0.25) is 4.79 Å². The van der Waals surface area contributed by atoms with Crippen LogP contribution in [0.2, 0.25) is 18.1 Å². The zero-order valence-electron chi connectivity index (χ0n) is 13.4. The average Bonchev–Trinajstić information content (AvgIpc) is 2.22. The molecule has 0 rings (SSSR count). The van der Waals surface area contributed by atoms with Gasteiger partial charge in [0.05, 0.1) is 0 Å². The van der Waals surface area contributed by atoms with Crippen molar-refractivity contribution in [2.24, 2.45) is 0 Å². The first-order valence-electron chi connectivity index (χ1n) is 6.75. The summed E-state index contributed by atoms with van der Waals surface area (Å²) in [5.41, 5.74) is -0.817. The molecule has 0 bridgehead atoms.